The normalized spacial score (nSPS) is 9.65. The molecule has 90 valence electrons. The largest absolute Gasteiger partial charge is 0.397 e. The monoisotopic (exact) mass is 231 g/mol. The van der Waals surface area contributed by atoms with Gasteiger partial charge in [0.15, 0.2) is 0 Å². The highest BCUT2D eigenvalue weighted by Crippen LogP contribution is 2.28. The van der Waals surface area contributed by atoms with Gasteiger partial charge in [0.2, 0.25) is 0 Å². The molecule has 0 radical (unpaired) electrons. The highest BCUT2D eigenvalue weighted by Gasteiger charge is 2.02. The molecule has 0 aliphatic rings. The Hall–Kier alpha value is -2.40. The lowest BCUT2D eigenvalue weighted by Gasteiger charge is -2.07. The van der Waals surface area contributed by atoms with Crippen LogP contribution in [0.4, 0.5) is 22.7 Å². The maximum atomic E-state index is 5.74. The molecule has 0 heterocycles. The van der Waals surface area contributed by atoms with Crippen LogP contribution in [0.15, 0.2) is 36.4 Å². The summed E-state index contributed by atoms with van der Waals surface area (Å²) < 4.78 is 0. The summed E-state index contributed by atoms with van der Waals surface area (Å²) in [6.07, 6.45) is 0. The Morgan fingerprint density at radius 3 is 1.18 bits per heavy atom. The van der Waals surface area contributed by atoms with Gasteiger partial charge in [0.25, 0.3) is 0 Å². The molecule has 2 rings (SSSR count). The van der Waals surface area contributed by atoms with Crippen molar-refractivity contribution < 1.29 is 0 Å². The van der Waals surface area contributed by atoms with E-state index in [1.54, 1.807) is 12.1 Å². The van der Waals surface area contributed by atoms with E-state index in [-0.39, 0.29) is 6.15 Å². The van der Waals surface area contributed by atoms with Crippen LogP contribution < -0.4 is 29.1 Å². The number of hydrogen-bond acceptors (Lipinski definition) is 5. The molecule has 2 aromatic carbocycles. The van der Waals surface area contributed by atoms with Gasteiger partial charge in [-0.15, -0.1) is 0 Å². The Labute approximate surface area is 100.0 Å². The molecule has 0 atom stereocenters. The summed E-state index contributed by atoms with van der Waals surface area (Å²) in [5.41, 5.74) is 27.0. The molecule has 0 amide bonds. The number of nitrogens with two attached hydrogens (primary N) is 4. The Bertz CT molecular complexity index is 487. The maximum absolute atomic E-state index is 5.74. The molecule has 2 aromatic rings. The Balaban J connectivity index is 0.00000144. The fraction of sp³-hybridized carbons (Fsp3) is 0. The second-order valence-corrected chi connectivity index (χ2v) is 3.69. The zero-order chi connectivity index (χ0) is 11.7. The van der Waals surface area contributed by atoms with Crippen molar-refractivity contribution in [3.8, 4) is 11.1 Å². The molecule has 0 unspecified atom stereocenters. The number of rotatable bonds is 1. The lowest BCUT2D eigenvalue weighted by molar-refractivity contribution is 1.60. The minimum absolute atomic E-state index is 0. The third-order valence-electron chi connectivity index (χ3n) is 2.51. The van der Waals surface area contributed by atoms with Gasteiger partial charge in [-0.05, 0) is 35.4 Å². The van der Waals surface area contributed by atoms with Crippen molar-refractivity contribution in [1.82, 2.24) is 6.15 Å². The lowest BCUT2D eigenvalue weighted by atomic mass is 10.0. The Morgan fingerprint density at radius 1 is 0.529 bits per heavy atom. The first kappa shape index (κ1) is 12.7. The maximum Gasteiger partial charge on any atom is 0.0554 e. The molecule has 0 bridgehead atoms. The van der Waals surface area contributed by atoms with Gasteiger partial charge in [-0.1, -0.05) is 12.1 Å². The van der Waals surface area contributed by atoms with E-state index >= 15 is 0 Å². The van der Waals surface area contributed by atoms with Crippen LogP contribution >= 0.6 is 0 Å². The molecular formula is C12H17N5. The summed E-state index contributed by atoms with van der Waals surface area (Å²) in [6, 6.07) is 11.0. The smallest absolute Gasteiger partial charge is 0.0554 e. The summed E-state index contributed by atoms with van der Waals surface area (Å²) in [4.78, 5) is 0. The van der Waals surface area contributed by atoms with Crippen LogP contribution in [-0.2, 0) is 0 Å². The topological polar surface area (TPSA) is 139 Å². The Morgan fingerprint density at radius 2 is 0.882 bits per heavy atom. The van der Waals surface area contributed by atoms with Gasteiger partial charge >= 0.3 is 0 Å². The summed E-state index contributed by atoms with van der Waals surface area (Å²) in [5.74, 6) is 0. The Kier molecular flexibility index (Phi) is 3.45. The number of anilines is 4. The van der Waals surface area contributed by atoms with Crippen LogP contribution in [0.25, 0.3) is 11.1 Å². The van der Waals surface area contributed by atoms with Gasteiger partial charge in [0.05, 0.1) is 22.7 Å². The van der Waals surface area contributed by atoms with Crippen molar-refractivity contribution in [3.05, 3.63) is 36.4 Å². The molecule has 17 heavy (non-hydrogen) atoms. The predicted molar refractivity (Wildman–Crippen MR) is 74.5 cm³/mol. The molecule has 0 saturated carbocycles. The molecule has 11 N–H and O–H groups in total. The molecule has 5 heteroatoms. The summed E-state index contributed by atoms with van der Waals surface area (Å²) >= 11 is 0. The quantitative estimate of drug-likeness (QED) is 0.476. The number of hydrogen-bond donors (Lipinski definition) is 5. The van der Waals surface area contributed by atoms with Crippen molar-refractivity contribution in [2.24, 2.45) is 0 Å². The van der Waals surface area contributed by atoms with Crippen LogP contribution in [0.5, 0.6) is 0 Å². The summed E-state index contributed by atoms with van der Waals surface area (Å²) in [5, 5.41) is 0. The molecule has 0 spiro atoms. The van der Waals surface area contributed by atoms with Crippen molar-refractivity contribution in [3.63, 3.8) is 0 Å². The summed E-state index contributed by atoms with van der Waals surface area (Å²) in [6.45, 7) is 0. The second kappa shape index (κ2) is 4.63. The van der Waals surface area contributed by atoms with E-state index in [2.05, 4.69) is 0 Å². The minimum atomic E-state index is 0. The minimum Gasteiger partial charge on any atom is -0.397 e. The van der Waals surface area contributed by atoms with Gasteiger partial charge < -0.3 is 29.1 Å². The van der Waals surface area contributed by atoms with Gasteiger partial charge in [-0.3, -0.25) is 0 Å². The molecule has 0 aliphatic carbocycles. The molecular weight excluding hydrogens is 214 g/mol. The lowest BCUT2D eigenvalue weighted by Crippen LogP contribution is -1.96. The van der Waals surface area contributed by atoms with E-state index in [0.29, 0.717) is 22.7 Å². The first-order valence-corrected chi connectivity index (χ1v) is 4.88. The van der Waals surface area contributed by atoms with Crippen molar-refractivity contribution in [2.45, 2.75) is 0 Å². The zero-order valence-electron chi connectivity index (χ0n) is 9.48. The highest BCUT2D eigenvalue weighted by molar-refractivity contribution is 5.78. The SMILES string of the molecule is N.Nc1ccc(-c2ccc(N)c(N)c2)cc1N. The molecule has 0 aliphatic heterocycles. The van der Waals surface area contributed by atoms with Crippen LogP contribution in [0.3, 0.4) is 0 Å². The first-order chi connectivity index (χ1) is 7.58. The number of benzene rings is 2. The predicted octanol–water partition coefficient (Wildman–Crippen LogP) is 1.84. The van der Waals surface area contributed by atoms with E-state index in [0.717, 1.165) is 11.1 Å². The van der Waals surface area contributed by atoms with E-state index in [4.69, 9.17) is 22.9 Å². The van der Waals surface area contributed by atoms with E-state index in [9.17, 15) is 0 Å². The fourth-order valence-electron chi connectivity index (χ4n) is 1.51. The van der Waals surface area contributed by atoms with Crippen LogP contribution in [0.2, 0.25) is 0 Å². The van der Waals surface area contributed by atoms with Gasteiger partial charge in [-0.25, -0.2) is 0 Å². The fourth-order valence-corrected chi connectivity index (χ4v) is 1.51. The van der Waals surface area contributed by atoms with Crippen LogP contribution in [0.1, 0.15) is 0 Å². The standard InChI is InChI=1S/C12H14N4.H3N/c13-9-3-1-7(5-11(9)15)8-2-4-10(14)12(16)6-8;/h1-6H,13-16H2;1H3. The molecule has 5 nitrogen and oxygen atoms in total. The van der Waals surface area contributed by atoms with E-state index < -0.39 is 0 Å². The van der Waals surface area contributed by atoms with Crippen molar-refractivity contribution in [2.75, 3.05) is 22.9 Å². The third-order valence-corrected chi connectivity index (χ3v) is 2.51. The summed E-state index contributed by atoms with van der Waals surface area (Å²) in [7, 11) is 0. The third kappa shape index (κ3) is 2.40. The molecule has 0 fully saturated rings. The van der Waals surface area contributed by atoms with Crippen molar-refractivity contribution >= 4 is 22.7 Å². The van der Waals surface area contributed by atoms with Gasteiger partial charge in [-0.2, -0.15) is 0 Å². The average molecular weight is 231 g/mol. The molecule has 0 saturated heterocycles. The first-order valence-electron chi connectivity index (χ1n) is 4.88. The number of nitrogen functional groups attached to an aromatic ring is 4. The van der Waals surface area contributed by atoms with E-state index in [1.807, 2.05) is 24.3 Å². The molecule has 0 aromatic heterocycles. The van der Waals surface area contributed by atoms with Crippen LogP contribution in [-0.4, -0.2) is 0 Å². The van der Waals surface area contributed by atoms with Gasteiger partial charge in [0, 0.05) is 0 Å². The van der Waals surface area contributed by atoms with Crippen LogP contribution in [0, 0.1) is 0 Å². The van der Waals surface area contributed by atoms with Gasteiger partial charge in [0.1, 0.15) is 0 Å². The average Bonchev–Trinajstić information content (AvgIpc) is 2.26. The highest BCUT2D eigenvalue weighted by atomic mass is 14.7. The van der Waals surface area contributed by atoms with Crippen molar-refractivity contribution in [1.29, 1.82) is 0 Å². The zero-order valence-corrected chi connectivity index (χ0v) is 9.48. The second-order valence-electron chi connectivity index (χ2n) is 3.69. The van der Waals surface area contributed by atoms with E-state index in [1.165, 1.54) is 0 Å².